The number of hydrogen-bond acceptors (Lipinski definition) is 3. The van der Waals surface area contributed by atoms with Crippen LogP contribution in [0.3, 0.4) is 0 Å². The van der Waals surface area contributed by atoms with Gasteiger partial charge < -0.3 is 10.5 Å². The zero-order chi connectivity index (χ0) is 11.5. The van der Waals surface area contributed by atoms with Gasteiger partial charge in [-0.15, -0.1) is 0 Å². The minimum atomic E-state index is 0.366. The van der Waals surface area contributed by atoms with E-state index < -0.39 is 0 Å². The molecular weight excluding hydrogens is 200 g/mol. The fourth-order valence-electron chi connectivity index (χ4n) is 2.56. The van der Waals surface area contributed by atoms with Gasteiger partial charge in [-0.25, -0.2) is 0 Å². The lowest BCUT2D eigenvalue weighted by molar-refractivity contribution is 0.219. The highest BCUT2D eigenvalue weighted by atomic mass is 16.5. The summed E-state index contributed by atoms with van der Waals surface area (Å²) in [6.45, 7) is 4.95. The van der Waals surface area contributed by atoms with Crippen LogP contribution in [0.25, 0.3) is 0 Å². The van der Waals surface area contributed by atoms with Gasteiger partial charge in [0.1, 0.15) is 5.75 Å². The molecule has 1 aromatic rings. The number of nitrogens with zero attached hydrogens (tertiary/aromatic N) is 1. The van der Waals surface area contributed by atoms with Gasteiger partial charge in [0.25, 0.3) is 0 Å². The molecule has 2 rings (SSSR count). The molecular formula is C13H20N2O. The van der Waals surface area contributed by atoms with E-state index in [2.05, 4.69) is 24.0 Å². The maximum absolute atomic E-state index is 5.88. The van der Waals surface area contributed by atoms with Gasteiger partial charge in [0, 0.05) is 24.7 Å². The van der Waals surface area contributed by atoms with Gasteiger partial charge in [0.15, 0.2) is 0 Å². The molecule has 2 N–H and O–H groups in total. The molecule has 0 bridgehead atoms. The van der Waals surface area contributed by atoms with Crippen LogP contribution in [0.15, 0.2) is 18.2 Å². The molecule has 1 atom stereocenters. The van der Waals surface area contributed by atoms with Crippen molar-refractivity contribution in [3.8, 4) is 5.75 Å². The largest absolute Gasteiger partial charge is 0.496 e. The number of fused-ring (bicyclic) bond motifs is 1. The second kappa shape index (κ2) is 4.85. The molecule has 88 valence electrons. The summed E-state index contributed by atoms with van der Waals surface area (Å²) >= 11 is 0. The summed E-state index contributed by atoms with van der Waals surface area (Å²) in [4.78, 5) is 2.44. The average molecular weight is 220 g/mol. The summed E-state index contributed by atoms with van der Waals surface area (Å²) in [5.41, 5.74) is 8.54. The van der Waals surface area contributed by atoms with E-state index in [0.717, 1.165) is 25.3 Å². The smallest absolute Gasteiger partial charge is 0.123 e. The Morgan fingerprint density at radius 2 is 2.31 bits per heavy atom. The standard InChI is InChI=1S/C13H20N2O/c1-3-7-15-9-11-10(12(15)8-14)5-4-6-13(11)16-2/h4-6,12H,3,7-9,14H2,1-2H3. The lowest BCUT2D eigenvalue weighted by Crippen LogP contribution is -2.28. The zero-order valence-corrected chi connectivity index (χ0v) is 10.1. The Balaban J connectivity index is 2.33. The van der Waals surface area contributed by atoms with Crippen molar-refractivity contribution in [2.75, 3.05) is 20.2 Å². The van der Waals surface area contributed by atoms with Crippen LogP contribution in [0.1, 0.15) is 30.5 Å². The minimum absolute atomic E-state index is 0.366. The number of rotatable bonds is 4. The first kappa shape index (κ1) is 11.4. The zero-order valence-electron chi connectivity index (χ0n) is 10.1. The first-order chi connectivity index (χ1) is 7.81. The van der Waals surface area contributed by atoms with Gasteiger partial charge in [-0.2, -0.15) is 0 Å². The summed E-state index contributed by atoms with van der Waals surface area (Å²) in [6.07, 6.45) is 1.16. The Hall–Kier alpha value is -1.06. The number of nitrogens with two attached hydrogens (primary N) is 1. The van der Waals surface area contributed by atoms with Crippen LogP contribution in [0.4, 0.5) is 0 Å². The SMILES string of the molecule is CCCN1Cc2c(OC)cccc2C1CN. The first-order valence-electron chi connectivity index (χ1n) is 5.91. The number of benzene rings is 1. The molecule has 0 aromatic heterocycles. The monoisotopic (exact) mass is 220 g/mol. The topological polar surface area (TPSA) is 38.5 Å². The molecule has 1 heterocycles. The maximum Gasteiger partial charge on any atom is 0.123 e. The second-order valence-corrected chi connectivity index (χ2v) is 4.25. The number of methoxy groups -OCH3 is 1. The molecule has 1 aliphatic heterocycles. The molecule has 0 aliphatic carbocycles. The highest BCUT2D eigenvalue weighted by molar-refractivity contribution is 5.44. The third-order valence-corrected chi connectivity index (χ3v) is 3.28. The van der Waals surface area contributed by atoms with Crippen LogP contribution >= 0.6 is 0 Å². The van der Waals surface area contributed by atoms with E-state index in [1.54, 1.807) is 7.11 Å². The molecule has 3 heteroatoms. The van der Waals surface area contributed by atoms with Crippen molar-refractivity contribution in [3.05, 3.63) is 29.3 Å². The quantitative estimate of drug-likeness (QED) is 0.842. The summed E-state index contributed by atoms with van der Waals surface area (Å²) in [5, 5.41) is 0. The highest BCUT2D eigenvalue weighted by Crippen LogP contribution is 2.37. The van der Waals surface area contributed by atoms with Crippen molar-refractivity contribution >= 4 is 0 Å². The van der Waals surface area contributed by atoms with Gasteiger partial charge in [0.05, 0.1) is 7.11 Å². The summed E-state index contributed by atoms with van der Waals surface area (Å²) in [5.74, 6) is 0.995. The van der Waals surface area contributed by atoms with E-state index >= 15 is 0 Å². The van der Waals surface area contributed by atoms with Crippen LogP contribution < -0.4 is 10.5 Å². The number of hydrogen-bond donors (Lipinski definition) is 1. The molecule has 1 aliphatic rings. The Morgan fingerprint density at radius 1 is 1.50 bits per heavy atom. The fourth-order valence-corrected chi connectivity index (χ4v) is 2.56. The molecule has 0 spiro atoms. The predicted octanol–water partition coefficient (Wildman–Crippen LogP) is 1.92. The average Bonchev–Trinajstić information content (AvgIpc) is 2.66. The second-order valence-electron chi connectivity index (χ2n) is 4.25. The lowest BCUT2D eigenvalue weighted by Gasteiger charge is -2.22. The van der Waals surface area contributed by atoms with Crippen molar-refractivity contribution in [1.29, 1.82) is 0 Å². The van der Waals surface area contributed by atoms with Gasteiger partial charge in [-0.1, -0.05) is 19.1 Å². The molecule has 1 unspecified atom stereocenters. The van der Waals surface area contributed by atoms with Gasteiger partial charge in [-0.3, -0.25) is 4.90 Å². The van der Waals surface area contributed by atoms with Crippen molar-refractivity contribution in [2.24, 2.45) is 5.73 Å². The van der Waals surface area contributed by atoms with E-state index in [0.29, 0.717) is 12.6 Å². The molecule has 0 amide bonds. The summed E-state index contributed by atoms with van der Waals surface area (Å²) in [7, 11) is 1.73. The van der Waals surface area contributed by atoms with E-state index in [9.17, 15) is 0 Å². The molecule has 0 saturated carbocycles. The highest BCUT2D eigenvalue weighted by Gasteiger charge is 2.30. The maximum atomic E-state index is 5.88. The van der Waals surface area contributed by atoms with Crippen LogP contribution in [-0.2, 0) is 6.54 Å². The summed E-state index contributed by atoms with van der Waals surface area (Å²) < 4.78 is 5.41. The van der Waals surface area contributed by atoms with Crippen LogP contribution in [0.5, 0.6) is 5.75 Å². The Kier molecular flexibility index (Phi) is 3.46. The number of ether oxygens (including phenoxy) is 1. The fraction of sp³-hybridized carbons (Fsp3) is 0.538. The van der Waals surface area contributed by atoms with Crippen LogP contribution in [0, 0.1) is 0 Å². The molecule has 0 saturated heterocycles. The normalized spacial score (nSPS) is 19.8. The van der Waals surface area contributed by atoms with E-state index in [-0.39, 0.29) is 0 Å². The Bertz CT molecular complexity index is 365. The van der Waals surface area contributed by atoms with Crippen molar-refractivity contribution in [1.82, 2.24) is 4.90 Å². The van der Waals surface area contributed by atoms with E-state index in [1.807, 2.05) is 6.07 Å². The van der Waals surface area contributed by atoms with Crippen molar-refractivity contribution < 1.29 is 4.74 Å². The van der Waals surface area contributed by atoms with Crippen LogP contribution in [-0.4, -0.2) is 25.1 Å². The van der Waals surface area contributed by atoms with Crippen molar-refractivity contribution in [2.45, 2.75) is 25.9 Å². The van der Waals surface area contributed by atoms with Gasteiger partial charge >= 0.3 is 0 Å². The molecule has 16 heavy (non-hydrogen) atoms. The van der Waals surface area contributed by atoms with Gasteiger partial charge in [-0.05, 0) is 24.6 Å². The predicted molar refractivity (Wildman–Crippen MR) is 65.5 cm³/mol. The van der Waals surface area contributed by atoms with Crippen molar-refractivity contribution in [3.63, 3.8) is 0 Å². The first-order valence-corrected chi connectivity index (χ1v) is 5.91. The summed E-state index contributed by atoms with van der Waals surface area (Å²) in [6, 6.07) is 6.62. The van der Waals surface area contributed by atoms with Crippen LogP contribution in [0.2, 0.25) is 0 Å². The Morgan fingerprint density at radius 3 is 2.94 bits per heavy atom. The third-order valence-electron chi connectivity index (χ3n) is 3.28. The minimum Gasteiger partial charge on any atom is -0.496 e. The molecule has 0 radical (unpaired) electrons. The molecule has 1 aromatic carbocycles. The molecule has 0 fully saturated rings. The van der Waals surface area contributed by atoms with E-state index in [4.69, 9.17) is 10.5 Å². The Labute approximate surface area is 97.2 Å². The molecule has 3 nitrogen and oxygen atoms in total. The third kappa shape index (κ3) is 1.81. The van der Waals surface area contributed by atoms with E-state index in [1.165, 1.54) is 11.1 Å². The van der Waals surface area contributed by atoms with Gasteiger partial charge in [0.2, 0.25) is 0 Å². The lowest BCUT2D eigenvalue weighted by atomic mass is 10.0.